The van der Waals surface area contributed by atoms with Crippen LogP contribution in [-0.2, 0) is 9.63 Å². The first-order valence-electron chi connectivity index (χ1n) is 5.90. The third kappa shape index (κ3) is 1.78. The number of benzene rings is 1. The Morgan fingerprint density at radius 1 is 1.35 bits per heavy atom. The number of carbonyl (C=O) groups excluding carboxylic acids is 1. The molecule has 1 unspecified atom stereocenters. The number of amides is 1. The van der Waals surface area contributed by atoms with Gasteiger partial charge in [-0.05, 0) is 49.9 Å². The van der Waals surface area contributed by atoms with Crippen LogP contribution in [0.15, 0.2) is 24.3 Å². The van der Waals surface area contributed by atoms with E-state index in [1.54, 1.807) is 24.3 Å². The van der Waals surface area contributed by atoms with Crippen LogP contribution in [0.2, 0.25) is 0 Å². The first-order chi connectivity index (χ1) is 8.08. The third-order valence-electron chi connectivity index (χ3n) is 3.55. The lowest BCUT2D eigenvalue weighted by Crippen LogP contribution is -2.29. The van der Waals surface area contributed by atoms with Gasteiger partial charge in [0.05, 0.1) is 12.1 Å². The van der Waals surface area contributed by atoms with Crippen molar-refractivity contribution in [2.24, 2.45) is 5.92 Å². The van der Waals surface area contributed by atoms with E-state index in [-0.39, 0.29) is 17.3 Å². The summed E-state index contributed by atoms with van der Waals surface area (Å²) in [6, 6.07) is 6.48. The van der Waals surface area contributed by atoms with Crippen LogP contribution >= 0.6 is 0 Å². The molecular weight excluding hydrogens is 218 g/mol. The van der Waals surface area contributed by atoms with E-state index in [0.29, 0.717) is 18.0 Å². The Kier molecular flexibility index (Phi) is 2.16. The van der Waals surface area contributed by atoms with Crippen molar-refractivity contribution >= 4 is 11.6 Å². The maximum atomic E-state index is 11.9. The molecule has 1 aromatic rings. The maximum Gasteiger partial charge on any atom is 0.253 e. The summed E-state index contributed by atoms with van der Waals surface area (Å²) >= 11 is 0. The summed E-state index contributed by atoms with van der Waals surface area (Å²) in [5.74, 6) is 0.684. The van der Waals surface area contributed by atoms with Crippen LogP contribution in [-0.4, -0.2) is 16.6 Å². The molecule has 1 saturated heterocycles. The van der Waals surface area contributed by atoms with Gasteiger partial charge >= 0.3 is 0 Å². The van der Waals surface area contributed by atoms with Gasteiger partial charge in [-0.1, -0.05) is 0 Å². The molecule has 0 spiro atoms. The molecule has 90 valence electrons. The average molecular weight is 233 g/mol. The summed E-state index contributed by atoms with van der Waals surface area (Å²) in [5, 5.41) is 10.6. The molecule has 1 heterocycles. The summed E-state index contributed by atoms with van der Waals surface area (Å²) in [6.07, 6.45) is 2.74. The van der Waals surface area contributed by atoms with E-state index in [0.717, 1.165) is 12.8 Å². The highest BCUT2D eigenvalue weighted by Crippen LogP contribution is 2.47. The number of phenols is 1. The number of hydroxylamine groups is 1. The van der Waals surface area contributed by atoms with Crippen molar-refractivity contribution in [3.8, 4) is 5.75 Å². The molecule has 0 bridgehead atoms. The Hall–Kier alpha value is -1.55. The standard InChI is InChI=1S/C13H15NO3/c1-13(9-2-3-9)8-12(16)14(17-13)10-4-6-11(15)7-5-10/h4-7,9,15H,2-3,8H2,1H3. The number of carbonyl (C=O) groups is 1. The lowest BCUT2D eigenvalue weighted by Gasteiger charge is -2.23. The molecule has 4 nitrogen and oxygen atoms in total. The quantitative estimate of drug-likeness (QED) is 0.852. The number of phenolic OH excluding ortho intramolecular Hbond substituents is 1. The lowest BCUT2D eigenvalue weighted by molar-refractivity contribution is -0.119. The van der Waals surface area contributed by atoms with Crippen molar-refractivity contribution in [3.63, 3.8) is 0 Å². The van der Waals surface area contributed by atoms with Gasteiger partial charge in [0.25, 0.3) is 5.91 Å². The van der Waals surface area contributed by atoms with Crippen LogP contribution < -0.4 is 5.06 Å². The van der Waals surface area contributed by atoms with Crippen molar-refractivity contribution in [2.75, 3.05) is 5.06 Å². The second-order valence-electron chi connectivity index (χ2n) is 5.06. The van der Waals surface area contributed by atoms with E-state index >= 15 is 0 Å². The largest absolute Gasteiger partial charge is 0.508 e. The molecule has 17 heavy (non-hydrogen) atoms. The van der Waals surface area contributed by atoms with E-state index in [9.17, 15) is 9.90 Å². The number of nitrogens with zero attached hydrogens (tertiary/aromatic N) is 1. The van der Waals surface area contributed by atoms with E-state index in [1.165, 1.54) is 5.06 Å². The minimum absolute atomic E-state index is 0.00918. The van der Waals surface area contributed by atoms with Gasteiger partial charge in [0.15, 0.2) is 0 Å². The van der Waals surface area contributed by atoms with Crippen molar-refractivity contribution in [1.82, 2.24) is 0 Å². The molecule has 1 aliphatic carbocycles. The molecule has 3 rings (SSSR count). The molecule has 1 aromatic carbocycles. The fraction of sp³-hybridized carbons (Fsp3) is 0.462. The molecule has 1 saturated carbocycles. The molecule has 1 amide bonds. The summed E-state index contributed by atoms with van der Waals surface area (Å²) in [6.45, 7) is 2.00. The van der Waals surface area contributed by atoms with Gasteiger partial charge < -0.3 is 5.11 Å². The predicted octanol–water partition coefficient (Wildman–Crippen LogP) is 2.23. The van der Waals surface area contributed by atoms with Crippen molar-refractivity contribution in [3.05, 3.63) is 24.3 Å². The van der Waals surface area contributed by atoms with E-state index in [1.807, 2.05) is 6.92 Å². The highest BCUT2D eigenvalue weighted by atomic mass is 16.7. The molecule has 1 N–H and O–H groups in total. The molecule has 0 aromatic heterocycles. The molecule has 4 heteroatoms. The Labute approximate surface area is 99.8 Å². The number of aromatic hydroxyl groups is 1. The maximum absolute atomic E-state index is 11.9. The fourth-order valence-electron chi connectivity index (χ4n) is 2.36. The Morgan fingerprint density at radius 3 is 2.59 bits per heavy atom. The highest BCUT2D eigenvalue weighted by Gasteiger charge is 2.51. The van der Waals surface area contributed by atoms with Gasteiger partial charge in [-0.25, -0.2) is 0 Å². The topological polar surface area (TPSA) is 49.8 Å². The van der Waals surface area contributed by atoms with Crippen molar-refractivity contribution in [2.45, 2.75) is 31.8 Å². The van der Waals surface area contributed by atoms with Gasteiger partial charge in [-0.2, -0.15) is 5.06 Å². The second kappa shape index (κ2) is 3.47. The van der Waals surface area contributed by atoms with E-state index < -0.39 is 0 Å². The Bertz CT molecular complexity index is 452. The smallest absolute Gasteiger partial charge is 0.253 e. The number of anilines is 1. The number of hydrogen-bond acceptors (Lipinski definition) is 3. The highest BCUT2D eigenvalue weighted by molar-refractivity contribution is 5.94. The van der Waals surface area contributed by atoms with Gasteiger partial charge in [0, 0.05) is 0 Å². The first kappa shape index (κ1) is 10.6. The predicted molar refractivity (Wildman–Crippen MR) is 62.4 cm³/mol. The van der Waals surface area contributed by atoms with Crippen molar-refractivity contribution in [1.29, 1.82) is 0 Å². The molecule has 2 aliphatic rings. The minimum Gasteiger partial charge on any atom is -0.508 e. The average Bonchev–Trinajstić information content (AvgIpc) is 3.08. The number of hydrogen-bond donors (Lipinski definition) is 1. The SMILES string of the molecule is CC1(C2CC2)CC(=O)N(c2ccc(O)cc2)O1. The van der Waals surface area contributed by atoms with Crippen LogP contribution in [0.3, 0.4) is 0 Å². The summed E-state index contributed by atoms with van der Waals surface area (Å²) in [4.78, 5) is 17.8. The normalized spacial score (nSPS) is 28.8. The van der Waals surface area contributed by atoms with Crippen LogP contribution in [0, 0.1) is 5.92 Å². The molecule has 1 aliphatic heterocycles. The van der Waals surface area contributed by atoms with Gasteiger partial charge in [-0.3, -0.25) is 9.63 Å². The summed E-state index contributed by atoms with van der Waals surface area (Å²) in [5.41, 5.74) is 0.340. The second-order valence-corrected chi connectivity index (χ2v) is 5.06. The molecule has 0 radical (unpaired) electrons. The zero-order valence-corrected chi connectivity index (χ0v) is 9.72. The molecule has 2 fully saturated rings. The fourth-order valence-corrected chi connectivity index (χ4v) is 2.36. The Morgan fingerprint density at radius 2 is 2.00 bits per heavy atom. The van der Waals surface area contributed by atoms with Gasteiger partial charge in [0.2, 0.25) is 0 Å². The zero-order chi connectivity index (χ0) is 12.0. The lowest BCUT2D eigenvalue weighted by atomic mass is 9.97. The van der Waals surface area contributed by atoms with E-state index in [2.05, 4.69) is 0 Å². The van der Waals surface area contributed by atoms with Crippen LogP contribution in [0.1, 0.15) is 26.2 Å². The minimum atomic E-state index is -0.338. The number of rotatable bonds is 2. The summed E-state index contributed by atoms with van der Waals surface area (Å²) in [7, 11) is 0. The Balaban J connectivity index is 1.84. The van der Waals surface area contributed by atoms with Crippen molar-refractivity contribution < 1.29 is 14.7 Å². The van der Waals surface area contributed by atoms with Gasteiger partial charge in [-0.15, -0.1) is 0 Å². The van der Waals surface area contributed by atoms with Crippen LogP contribution in [0.25, 0.3) is 0 Å². The first-order valence-corrected chi connectivity index (χ1v) is 5.90. The van der Waals surface area contributed by atoms with Crippen LogP contribution in [0.4, 0.5) is 5.69 Å². The zero-order valence-electron chi connectivity index (χ0n) is 9.72. The van der Waals surface area contributed by atoms with Gasteiger partial charge in [0.1, 0.15) is 11.4 Å². The summed E-state index contributed by atoms with van der Waals surface area (Å²) < 4.78 is 0. The van der Waals surface area contributed by atoms with E-state index in [4.69, 9.17) is 4.84 Å². The molecular formula is C13H15NO3. The third-order valence-corrected chi connectivity index (χ3v) is 3.55. The monoisotopic (exact) mass is 233 g/mol. The molecule has 1 atom stereocenters. The van der Waals surface area contributed by atoms with Crippen LogP contribution in [0.5, 0.6) is 5.75 Å².